The lowest BCUT2D eigenvalue weighted by molar-refractivity contribution is 0.216. The molecule has 86 valence electrons. The van der Waals surface area contributed by atoms with Gasteiger partial charge in [-0.05, 0) is 12.8 Å². The van der Waals surface area contributed by atoms with Crippen molar-refractivity contribution >= 4 is 26.0 Å². The summed E-state index contributed by atoms with van der Waals surface area (Å²) in [6.07, 6.45) is 1.61. The zero-order valence-corrected chi connectivity index (χ0v) is 11.0. The van der Waals surface area contributed by atoms with Crippen molar-refractivity contribution in [2.24, 2.45) is 0 Å². The minimum atomic E-state index is -3.17. The van der Waals surface area contributed by atoms with E-state index < -0.39 is 10.0 Å². The van der Waals surface area contributed by atoms with E-state index in [9.17, 15) is 8.42 Å². The Hall–Kier alpha value is 0.350. The van der Waals surface area contributed by atoms with Gasteiger partial charge in [0.25, 0.3) is 0 Å². The first-order valence-corrected chi connectivity index (χ1v) is 7.38. The fraction of sp³-hybridized carbons (Fsp3) is 1.00. The molecule has 0 aliphatic heterocycles. The number of sulfonamides is 1. The summed E-state index contributed by atoms with van der Waals surface area (Å²) >= 11 is 3.29. The molecule has 1 atom stereocenters. The van der Waals surface area contributed by atoms with Crippen LogP contribution in [0, 0.1) is 0 Å². The second-order valence-electron chi connectivity index (χ2n) is 3.01. The second kappa shape index (κ2) is 7.62. The number of methoxy groups -OCH3 is 1. The van der Waals surface area contributed by atoms with Crippen LogP contribution in [0.2, 0.25) is 0 Å². The SMILES string of the molecule is CCC(CCBr)NS(=O)(=O)CCOC. The van der Waals surface area contributed by atoms with Crippen molar-refractivity contribution in [1.82, 2.24) is 4.72 Å². The molecule has 1 N–H and O–H groups in total. The molecular formula is C8H18BrNO3S. The van der Waals surface area contributed by atoms with Gasteiger partial charge in [0.1, 0.15) is 0 Å². The van der Waals surface area contributed by atoms with Gasteiger partial charge in [-0.1, -0.05) is 22.9 Å². The fourth-order valence-electron chi connectivity index (χ4n) is 0.984. The summed E-state index contributed by atoms with van der Waals surface area (Å²) in [5.74, 6) is 0.0300. The average molecular weight is 288 g/mol. The molecule has 1 unspecified atom stereocenters. The molecule has 0 rings (SSSR count). The highest BCUT2D eigenvalue weighted by Crippen LogP contribution is 2.02. The molecule has 0 bridgehead atoms. The molecule has 0 saturated carbocycles. The summed E-state index contributed by atoms with van der Waals surface area (Å²) in [5, 5.41) is 0.804. The molecule has 0 aliphatic rings. The molecular weight excluding hydrogens is 270 g/mol. The Morgan fingerprint density at radius 3 is 2.57 bits per heavy atom. The van der Waals surface area contributed by atoms with Crippen LogP contribution in [0.15, 0.2) is 0 Å². The van der Waals surface area contributed by atoms with E-state index in [1.807, 2.05) is 6.92 Å². The normalized spacial score (nSPS) is 14.2. The Morgan fingerprint density at radius 1 is 1.50 bits per heavy atom. The number of ether oxygens (including phenoxy) is 1. The van der Waals surface area contributed by atoms with E-state index in [-0.39, 0.29) is 18.4 Å². The third kappa shape index (κ3) is 6.75. The van der Waals surface area contributed by atoms with E-state index in [4.69, 9.17) is 4.74 Å². The lowest BCUT2D eigenvalue weighted by Gasteiger charge is -2.15. The number of hydrogen-bond donors (Lipinski definition) is 1. The quantitative estimate of drug-likeness (QED) is 0.681. The molecule has 0 radical (unpaired) electrons. The zero-order valence-electron chi connectivity index (χ0n) is 8.62. The van der Waals surface area contributed by atoms with E-state index >= 15 is 0 Å². The molecule has 0 aromatic heterocycles. The van der Waals surface area contributed by atoms with Crippen LogP contribution in [-0.4, -0.2) is 39.3 Å². The molecule has 0 aromatic rings. The Balaban J connectivity index is 4.04. The number of rotatable bonds is 8. The minimum Gasteiger partial charge on any atom is -0.384 e. The Kier molecular flexibility index (Phi) is 7.81. The maximum atomic E-state index is 11.4. The number of alkyl halides is 1. The summed E-state index contributed by atoms with van der Waals surface area (Å²) < 4.78 is 30.2. The fourth-order valence-corrected chi connectivity index (χ4v) is 2.83. The van der Waals surface area contributed by atoms with Gasteiger partial charge < -0.3 is 4.74 Å². The largest absolute Gasteiger partial charge is 0.384 e. The van der Waals surface area contributed by atoms with Crippen molar-refractivity contribution in [3.8, 4) is 0 Å². The van der Waals surface area contributed by atoms with Crippen LogP contribution in [0.4, 0.5) is 0 Å². The maximum absolute atomic E-state index is 11.4. The summed E-state index contributed by atoms with van der Waals surface area (Å²) in [5.41, 5.74) is 0. The van der Waals surface area contributed by atoms with Crippen molar-refractivity contribution < 1.29 is 13.2 Å². The van der Waals surface area contributed by atoms with Crippen molar-refractivity contribution in [3.63, 3.8) is 0 Å². The summed E-state index contributed by atoms with van der Waals surface area (Å²) in [6, 6.07) is 0.0243. The topological polar surface area (TPSA) is 55.4 Å². The number of hydrogen-bond acceptors (Lipinski definition) is 3. The molecule has 0 heterocycles. The minimum absolute atomic E-state index is 0.0243. The van der Waals surface area contributed by atoms with Gasteiger partial charge in [-0.25, -0.2) is 13.1 Å². The molecule has 0 spiro atoms. The van der Waals surface area contributed by atoms with E-state index in [1.54, 1.807) is 0 Å². The molecule has 4 nitrogen and oxygen atoms in total. The molecule has 0 aliphatic carbocycles. The zero-order chi connectivity index (χ0) is 11.0. The third-order valence-corrected chi connectivity index (χ3v) is 3.71. The molecule has 0 aromatic carbocycles. The third-order valence-electron chi connectivity index (χ3n) is 1.85. The number of halogens is 1. The van der Waals surface area contributed by atoms with Gasteiger partial charge in [-0.3, -0.25) is 0 Å². The van der Waals surface area contributed by atoms with Gasteiger partial charge in [0, 0.05) is 18.5 Å². The van der Waals surface area contributed by atoms with Crippen molar-refractivity contribution in [3.05, 3.63) is 0 Å². The van der Waals surface area contributed by atoms with Gasteiger partial charge in [0.05, 0.1) is 12.4 Å². The highest BCUT2D eigenvalue weighted by Gasteiger charge is 2.15. The molecule has 14 heavy (non-hydrogen) atoms. The van der Waals surface area contributed by atoms with Crippen LogP contribution in [0.1, 0.15) is 19.8 Å². The number of nitrogens with one attached hydrogen (secondary N) is 1. The highest BCUT2D eigenvalue weighted by molar-refractivity contribution is 9.09. The van der Waals surface area contributed by atoms with Gasteiger partial charge in [-0.15, -0.1) is 0 Å². The standard InChI is InChI=1S/C8H18BrNO3S/c1-3-8(4-5-9)10-14(11,12)7-6-13-2/h8,10H,3-7H2,1-2H3. The van der Waals surface area contributed by atoms with Gasteiger partial charge in [-0.2, -0.15) is 0 Å². The summed E-state index contributed by atoms with van der Waals surface area (Å²) in [7, 11) is -1.68. The molecule has 0 amide bonds. The highest BCUT2D eigenvalue weighted by atomic mass is 79.9. The van der Waals surface area contributed by atoms with Crippen molar-refractivity contribution in [2.45, 2.75) is 25.8 Å². The van der Waals surface area contributed by atoms with E-state index in [2.05, 4.69) is 20.7 Å². The molecule has 0 fully saturated rings. The lowest BCUT2D eigenvalue weighted by Crippen LogP contribution is -2.37. The van der Waals surface area contributed by atoms with Gasteiger partial charge in [0.15, 0.2) is 0 Å². The van der Waals surface area contributed by atoms with Gasteiger partial charge in [0.2, 0.25) is 10.0 Å². The summed E-state index contributed by atoms with van der Waals surface area (Å²) in [6.45, 7) is 2.20. The monoisotopic (exact) mass is 287 g/mol. The second-order valence-corrected chi connectivity index (χ2v) is 5.68. The molecule has 6 heteroatoms. The lowest BCUT2D eigenvalue weighted by atomic mass is 10.2. The van der Waals surface area contributed by atoms with Crippen LogP contribution < -0.4 is 4.72 Å². The predicted octanol–water partition coefficient (Wildman–Crippen LogP) is 1.12. The predicted molar refractivity (Wildman–Crippen MR) is 61.3 cm³/mol. The first-order chi connectivity index (χ1) is 6.55. The van der Waals surface area contributed by atoms with E-state index in [1.165, 1.54) is 7.11 Å². The smallest absolute Gasteiger partial charge is 0.214 e. The Bertz CT molecular complexity index is 231. The van der Waals surface area contributed by atoms with Crippen LogP contribution in [0.25, 0.3) is 0 Å². The van der Waals surface area contributed by atoms with Crippen LogP contribution in [0.5, 0.6) is 0 Å². The van der Waals surface area contributed by atoms with Crippen molar-refractivity contribution in [2.75, 3.05) is 24.8 Å². The average Bonchev–Trinajstić information content (AvgIpc) is 2.14. The van der Waals surface area contributed by atoms with Gasteiger partial charge >= 0.3 is 0 Å². The Morgan fingerprint density at radius 2 is 2.14 bits per heavy atom. The van der Waals surface area contributed by atoms with Crippen LogP contribution in [-0.2, 0) is 14.8 Å². The molecule has 0 saturated heterocycles. The van der Waals surface area contributed by atoms with E-state index in [0.717, 1.165) is 18.2 Å². The van der Waals surface area contributed by atoms with Crippen LogP contribution in [0.3, 0.4) is 0 Å². The summed E-state index contributed by atoms with van der Waals surface area (Å²) in [4.78, 5) is 0. The first kappa shape index (κ1) is 14.3. The Labute approximate surface area is 94.6 Å². The maximum Gasteiger partial charge on any atom is 0.214 e. The van der Waals surface area contributed by atoms with Crippen molar-refractivity contribution in [1.29, 1.82) is 0 Å². The first-order valence-electron chi connectivity index (χ1n) is 4.60. The van der Waals surface area contributed by atoms with Crippen LogP contribution >= 0.6 is 15.9 Å². The van der Waals surface area contributed by atoms with E-state index in [0.29, 0.717) is 0 Å².